The second-order valence-corrected chi connectivity index (χ2v) is 7.49. The number of hydrogen-bond acceptors (Lipinski definition) is 4. The highest BCUT2D eigenvalue weighted by Crippen LogP contribution is 2.34. The highest BCUT2D eigenvalue weighted by molar-refractivity contribution is 5.69. The maximum Gasteiger partial charge on any atom is 0.410 e. The van der Waals surface area contributed by atoms with Gasteiger partial charge in [0.1, 0.15) is 12.4 Å². The zero-order valence-corrected chi connectivity index (χ0v) is 15.9. The van der Waals surface area contributed by atoms with Crippen molar-refractivity contribution in [1.82, 2.24) is 9.88 Å². The SMILES string of the molecule is Cc1cc([C@H]2CCCN2C(=O)OCc2ccccc2)cnc1N1CCCC1. The Morgan fingerprint density at radius 3 is 2.67 bits per heavy atom. The van der Waals surface area contributed by atoms with E-state index in [-0.39, 0.29) is 12.1 Å². The molecule has 0 aliphatic carbocycles. The van der Waals surface area contributed by atoms with Gasteiger partial charge in [-0.1, -0.05) is 30.3 Å². The van der Waals surface area contributed by atoms with Crippen molar-refractivity contribution in [1.29, 1.82) is 0 Å². The highest BCUT2D eigenvalue weighted by Gasteiger charge is 2.32. The Morgan fingerprint density at radius 1 is 1.15 bits per heavy atom. The van der Waals surface area contributed by atoms with Crippen LogP contribution in [-0.2, 0) is 11.3 Å². The molecule has 3 heterocycles. The first kappa shape index (κ1) is 17.8. The quantitative estimate of drug-likeness (QED) is 0.802. The molecule has 142 valence electrons. The average Bonchev–Trinajstić information content (AvgIpc) is 3.39. The predicted octanol–water partition coefficient (Wildman–Crippen LogP) is 4.46. The van der Waals surface area contributed by atoms with Crippen molar-refractivity contribution in [3.8, 4) is 0 Å². The molecule has 27 heavy (non-hydrogen) atoms. The van der Waals surface area contributed by atoms with Crippen LogP contribution in [0.3, 0.4) is 0 Å². The van der Waals surface area contributed by atoms with Crippen molar-refractivity contribution in [3.63, 3.8) is 0 Å². The molecule has 2 aliphatic heterocycles. The molecule has 1 aromatic carbocycles. The standard InChI is InChI=1S/C22H27N3O2/c1-17-14-19(15-23-21(17)24-11-5-6-12-24)20-10-7-13-25(20)22(26)27-16-18-8-3-2-4-9-18/h2-4,8-9,14-15,20H,5-7,10-13,16H2,1H3/t20-/m1/s1. The summed E-state index contributed by atoms with van der Waals surface area (Å²) in [6.07, 6.45) is 6.16. The van der Waals surface area contributed by atoms with Crippen LogP contribution in [0.4, 0.5) is 10.6 Å². The summed E-state index contributed by atoms with van der Waals surface area (Å²) in [4.78, 5) is 21.6. The lowest BCUT2D eigenvalue weighted by atomic mass is 10.0. The Labute approximate surface area is 161 Å². The van der Waals surface area contributed by atoms with Gasteiger partial charge in [0.25, 0.3) is 0 Å². The summed E-state index contributed by atoms with van der Waals surface area (Å²) in [6.45, 7) is 5.36. The van der Waals surface area contributed by atoms with Crippen LogP contribution in [0.25, 0.3) is 0 Å². The number of carbonyl (C=O) groups excluding carboxylic acids is 1. The largest absolute Gasteiger partial charge is 0.445 e. The number of aromatic nitrogens is 1. The first-order valence-corrected chi connectivity index (χ1v) is 9.91. The van der Waals surface area contributed by atoms with Crippen molar-refractivity contribution in [2.24, 2.45) is 0 Å². The van der Waals surface area contributed by atoms with Crippen LogP contribution in [0.15, 0.2) is 42.6 Å². The van der Waals surface area contributed by atoms with Crippen molar-refractivity contribution in [2.75, 3.05) is 24.5 Å². The molecule has 0 saturated carbocycles. The minimum absolute atomic E-state index is 0.0621. The molecule has 0 N–H and O–H groups in total. The summed E-state index contributed by atoms with van der Waals surface area (Å²) < 4.78 is 5.56. The van der Waals surface area contributed by atoms with E-state index in [1.54, 1.807) is 0 Å². The van der Waals surface area contributed by atoms with E-state index in [1.165, 1.54) is 18.4 Å². The number of benzene rings is 1. The van der Waals surface area contributed by atoms with Crippen molar-refractivity contribution in [3.05, 3.63) is 59.3 Å². The fourth-order valence-electron chi connectivity index (χ4n) is 4.17. The van der Waals surface area contributed by atoms with Gasteiger partial charge in [0.15, 0.2) is 0 Å². The zero-order chi connectivity index (χ0) is 18.6. The predicted molar refractivity (Wildman–Crippen MR) is 106 cm³/mol. The fourth-order valence-corrected chi connectivity index (χ4v) is 4.17. The lowest BCUT2D eigenvalue weighted by molar-refractivity contribution is 0.0920. The summed E-state index contributed by atoms with van der Waals surface area (Å²) >= 11 is 0. The number of rotatable bonds is 4. The number of anilines is 1. The molecule has 5 heteroatoms. The average molecular weight is 365 g/mol. The molecule has 2 saturated heterocycles. The zero-order valence-electron chi connectivity index (χ0n) is 15.9. The Kier molecular flexibility index (Phi) is 5.28. The van der Waals surface area contributed by atoms with E-state index in [2.05, 4.69) is 17.9 Å². The summed E-state index contributed by atoms with van der Waals surface area (Å²) in [5.74, 6) is 1.09. The lowest BCUT2D eigenvalue weighted by Gasteiger charge is -2.26. The van der Waals surface area contributed by atoms with E-state index in [9.17, 15) is 4.79 Å². The van der Waals surface area contributed by atoms with Gasteiger partial charge in [-0.15, -0.1) is 0 Å². The maximum atomic E-state index is 12.6. The van der Waals surface area contributed by atoms with Crippen molar-refractivity contribution >= 4 is 11.9 Å². The van der Waals surface area contributed by atoms with Crippen LogP contribution in [0.2, 0.25) is 0 Å². The molecule has 1 amide bonds. The number of ether oxygens (including phenoxy) is 1. The molecule has 2 aromatic rings. The van der Waals surface area contributed by atoms with Crippen LogP contribution < -0.4 is 4.90 Å². The van der Waals surface area contributed by atoms with Gasteiger partial charge in [-0.2, -0.15) is 0 Å². The van der Waals surface area contributed by atoms with Gasteiger partial charge in [-0.05, 0) is 55.4 Å². The van der Waals surface area contributed by atoms with Gasteiger partial charge >= 0.3 is 6.09 Å². The van der Waals surface area contributed by atoms with Crippen LogP contribution in [-0.4, -0.2) is 35.6 Å². The number of aryl methyl sites for hydroxylation is 1. The number of likely N-dealkylation sites (tertiary alicyclic amines) is 1. The smallest absolute Gasteiger partial charge is 0.410 e. The number of amides is 1. The maximum absolute atomic E-state index is 12.6. The van der Waals surface area contributed by atoms with Gasteiger partial charge in [-0.25, -0.2) is 9.78 Å². The topological polar surface area (TPSA) is 45.7 Å². The van der Waals surface area contributed by atoms with Gasteiger partial charge in [0.05, 0.1) is 6.04 Å². The van der Waals surface area contributed by atoms with Gasteiger partial charge in [0.2, 0.25) is 0 Å². The van der Waals surface area contributed by atoms with Crippen molar-refractivity contribution < 1.29 is 9.53 Å². The molecule has 4 rings (SSSR count). The molecular weight excluding hydrogens is 338 g/mol. The van der Waals surface area contributed by atoms with Gasteiger partial charge < -0.3 is 14.5 Å². The molecule has 1 aromatic heterocycles. The molecule has 2 fully saturated rings. The molecule has 2 aliphatic rings. The summed E-state index contributed by atoms with van der Waals surface area (Å²) in [5.41, 5.74) is 3.32. The molecule has 0 radical (unpaired) electrons. The Bertz CT molecular complexity index is 787. The molecule has 5 nitrogen and oxygen atoms in total. The second kappa shape index (κ2) is 7.99. The van der Waals surface area contributed by atoms with Crippen LogP contribution >= 0.6 is 0 Å². The van der Waals surface area contributed by atoms with E-state index in [0.717, 1.165) is 49.4 Å². The van der Waals surface area contributed by atoms with E-state index in [4.69, 9.17) is 9.72 Å². The minimum atomic E-state index is -0.234. The Balaban J connectivity index is 1.44. The number of pyridine rings is 1. The number of nitrogens with zero attached hydrogens (tertiary/aromatic N) is 3. The lowest BCUT2D eigenvalue weighted by Crippen LogP contribution is -2.31. The van der Waals surface area contributed by atoms with Crippen LogP contribution in [0, 0.1) is 6.92 Å². The highest BCUT2D eigenvalue weighted by atomic mass is 16.6. The summed E-state index contributed by atoms with van der Waals surface area (Å²) in [6, 6.07) is 12.1. The van der Waals surface area contributed by atoms with Gasteiger partial charge in [-0.3, -0.25) is 0 Å². The van der Waals surface area contributed by atoms with Crippen molar-refractivity contribution in [2.45, 2.75) is 45.3 Å². The van der Waals surface area contributed by atoms with Crippen LogP contribution in [0.5, 0.6) is 0 Å². The van der Waals surface area contributed by atoms with E-state index in [0.29, 0.717) is 6.61 Å². The first-order chi connectivity index (χ1) is 13.2. The molecule has 1 atom stereocenters. The number of carbonyl (C=O) groups is 1. The molecule has 0 spiro atoms. The van der Waals surface area contributed by atoms with Gasteiger partial charge in [0, 0.05) is 25.8 Å². The third-order valence-electron chi connectivity index (χ3n) is 5.55. The normalized spacial score (nSPS) is 19.5. The molecule has 0 unspecified atom stereocenters. The van der Waals surface area contributed by atoms with E-state index >= 15 is 0 Å². The van der Waals surface area contributed by atoms with Crippen LogP contribution in [0.1, 0.15) is 48.4 Å². The monoisotopic (exact) mass is 365 g/mol. The Morgan fingerprint density at radius 2 is 1.93 bits per heavy atom. The molecule has 0 bridgehead atoms. The second-order valence-electron chi connectivity index (χ2n) is 7.49. The number of hydrogen-bond donors (Lipinski definition) is 0. The first-order valence-electron chi connectivity index (χ1n) is 9.91. The Hall–Kier alpha value is -2.56. The molecular formula is C22H27N3O2. The fraction of sp³-hybridized carbons (Fsp3) is 0.455. The summed E-state index contributed by atoms with van der Waals surface area (Å²) in [7, 11) is 0. The third-order valence-corrected chi connectivity index (χ3v) is 5.55. The summed E-state index contributed by atoms with van der Waals surface area (Å²) in [5, 5.41) is 0. The van der Waals surface area contributed by atoms with E-state index < -0.39 is 0 Å². The minimum Gasteiger partial charge on any atom is -0.445 e. The van der Waals surface area contributed by atoms with E-state index in [1.807, 2.05) is 41.4 Å². The third kappa shape index (κ3) is 3.92.